The summed E-state index contributed by atoms with van der Waals surface area (Å²) in [4.78, 5) is 10.3. The van der Waals surface area contributed by atoms with Gasteiger partial charge in [0.05, 0.1) is 24.3 Å². The van der Waals surface area contributed by atoms with Crippen molar-refractivity contribution in [3.8, 4) is 5.75 Å². The lowest BCUT2D eigenvalue weighted by Gasteiger charge is -2.32. The molecule has 3 aromatic rings. The number of fused-ring (bicyclic) bond motifs is 1. The van der Waals surface area contributed by atoms with Crippen LogP contribution in [0.2, 0.25) is 0 Å². The van der Waals surface area contributed by atoms with E-state index in [2.05, 4.69) is 51.3 Å². The molecule has 2 heterocycles. The molecule has 1 aromatic heterocycles. The first-order chi connectivity index (χ1) is 12.8. The Hall–Kier alpha value is -2.63. The van der Waals surface area contributed by atoms with Crippen molar-refractivity contribution in [2.24, 2.45) is 0 Å². The molecule has 0 saturated heterocycles. The van der Waals surface area contributed by atoms with Gasteiger partial charge in [0.2, 0.25) is 0 Å². The lowest BCUT2D eigenvalue weighted by molar-refractivity contribution is 0.200. The zero-order valence-electron chi connectivity index (χ0n) is 14.6. The summed E-state index contributed by atoms with van der Waals surface area (Å²) >= 11 is 0. The molecule has 0 fully saturated rings. The predicted molar refractivity (Wildman–Crippen MR) is 100 cm³/mol. The van der Waals surface area contributed by atoms with Crippen LogP contribution in [0, 0.1) is 0 Å². The highest BCUT2D eigenvalue weighted by atomic mass is 16.5. The smallest absolute Gasteiger partial charge is 0.119 e. The fourth-order valence-electron chi connectivity index (χ4n) is 3.62. The summed E-state index contributed by atoms with van der Waals surface area (Å²) in [5, 5.41) is 8.93. The van der Waals surface area contributed by atoms with Crippen molar-refractivity contribution in [2.45, 2.75) is 19.0 Å². The quantitative estimate of drug-likeness (QED) is 0.718. The second-order valence-electron chi connectivity index (χ2n) is 6.62. The lowest BCUT2D eigenvalue weighted by atomic mass is 9.91. The average molecular weight is 349 g/mol. The van der Waals surface area contributed by atoms with Gasteiger partial charge >= 0.3 is 0 Å². The number of nitrogens with zero attached hydrogens (tertiary/aromatic N) is 2. The number of H-pyrrole nitrogens is 1. The minimum Gasteiger partial charge on any atom is -0.491 e. The number of aliphatic hydroxyl groups excluding tert-OH is 1. The van der Waals surface area contributed by atoms with E-state index in [1.165, 1.54) is 16.8 Å². The first-order valence-corrected chi connectivity index (χ1v) is 8.95. The van der Waals surface area contributed by atoms with E-state index in [0.29, 0.717) is 6.61 Å². The highest BCUT2D eigenvalue weighted by Gasteiger charge is 2.28. The molecule has 1 unspecified atom stereocenters. The summed E-state index contributed by atoms with van der Waals surface area (Å²) in [6, 6.07) is 18.7. The third-order valence-corrected chi connectivity index (χ3v) is 4.77. The highest BCUT2D eigenvalue weighted by Crippen LogP contribution is 2.32. The fraction of sp³-hybridized carbons (Fsp3) is 0.286. The number of aliphatic hydroxyl groups is 1. The van der Waals surface area contributed by atoms with Gasteiger partial charge in [-0.15, -0.1) is 0 Å². The Morgan fingerprint density at radius 1 is 1.15 bits per heavy atom. The van der Waals surface area contributed by atoms with Gasteiger partial charge in [-0.3, -0.25) is 4.90 Å². The Morgan fingerprint density at radius 2 is 2.04 bits per heavy atom. The largest absolute Gasteiger partial charge is 0.491 e. The summed E-state index contributed by atoms with van der Waals surface area (Å²) in [6.07, 6.45) is 1.80. The van der Waals surface area contributed by atoms with Gasteiger partial charge in [0.15, 0.2) is 0 Å². The zero-order valence-corrected chi connectivity index (χ0v) is 14.6. The van der Waals surface area contributed by atoms with Gasteiger partial charge in [-0.2, -0.15) is 0 Å². The summed E-state index contributed by atoms with van der Waals surface area (Å²) in [7, 11) is 0. The number of ether oxygens (including phenoxy) is 1. The van der Waals surface area contributed by atoms with E-state index in [0.717, 1.165) is 31.1 Å². The van der Waals surface area contributed by atoms with Crippen LogP contribution in [-0.4, -0.2) is 39.7 Å². The van der Waals surface area contributed by atoms with Crippen LogP contribution in [0.4, 0.5) is 0 Å². The van der Waals surface area contributed by atoms with E-state index in [-0.39, 0.29) is 12.5 Å². The van der Waals surface area contributed by atoms with Crippen molar-refractivity contribution in [2.75, 3.05) is 19.8 Å². The SMILES string of the molecule is OCCOc1cccc(CN2Cc3[nH]cnc3C(c3ccccc3)C2)c1. The Morgan fingerprint density at radius 3 is 2.88 bits per heavy atom. The number of imidazole rings is 1. The maximum absolute atomic E-state index is 8.93. The lowest BCUT2D eigenvalue weighted by Crippen LogP contribution is -2.33. The normalized spacial score (nSPS) is 17.0. The van der Waals surface area contributed by atoms with Crippen LogP contribution in [0.1, 0.15) is 28.4 Å². The molecule has 5 nitrogen and oxygen atoms in total. The highest BCUT2D eigenvalue weighted by molar-refractivity contribution is 5.34. The molecule has 0 aliphatic carbocycles. The van der Waals surface area contributed by atoms with E-state index >= 15 is 0 Å². The van der Waals surface area contributed by atoms with Crippen molar-refractivity contribution in [1.82, 2.24) is 14.9 Å². The molecular weight excluding hydrogens is 326 g/mol. The first kappa shape index (κ1) is 16.8. The predicted octanol–water partition coefficient (Wildman–Crippen LogP) is 2.93. The minimum atomic E-state index is 0.0255. The van der Waals surface area contributed by atoms with Gasteiger partial charge in [-0.25, -0.2) is 4.98 Å². The number of nitrogens with one attached hydrogen (secondary N) is 1. The molecule has 0 amide bonds. The molecule has 0 spiro atoms. The van der Waals surface area contributed by atoms with E-state index in [4.69, 9.17) is 9.84 Å². The fourth-order valence-corrected chi connectivity index (χ4v) is 3.62. The van der Waals surface area contributed by atoms with Crippen molar-refractivity contribution >= 4 is 0 Å². The topological polar surface area (TPSA) is 61.4 Å². The summed E-state index contributed by atoms with van der Waals surface area (Å²) < 4.78 is 5.53. The number of rotatable bonds is 6. The van der Waals surface area contributed by atoms with Crippen LogP contribution in [0.3, 0.4) is 0 Å². The summed E-state index contributed by atoms with van der Waals surface area (Å²) in [5.41, 5.74) is 4.85. The van der Waals surface area contributed by atoms with Gasteiger partial charge < -0.3 is 14.8 Å². The van der Waals surface area contributed by atoms with Gasteiger partial charge in [0, 0.05) is 25.6 Å². The molecule has 5 heteroatoms. The molecule has 0 radical (unpaired) electrons. The minimum absolute atomic E-state index is 0.0255. The van der Waals surface area contributed by atoms with Gasteiger partial charge in [-0.1, -0.05) is 42.5 Å². The van der Waals surface area contributed by atoms with Crippen LogP contribution in [-0.2, 0) is 13.1 Å². The number of benzene rings is 2. The monoisotopic (exact) mass is 349 g/mol. The number of hydrogen-bond donors (Lipinski definition) is 2. The molecule has 2 N–H and O–H groups in total. The molecule has 2 aromatic carbocycles. The molecule has 0 bridgehead atoms. The van der Waals surface area contributed by atoms with Gasteiger partial charge in [-0.05, 0) is 23.3 Å². The van der Waals surface area contributed by atoms with Crippen molar-refractivity contribution in [3.63, 3.8) is 0 Å². The van der Waals surface area contributed by atoms with E-state index in [9.17, 15) is 0 Å². The molecular formula is C21H23N3O2. The number of aromatic amines is 1. The van der Waals surface area contributed by atoms with Crippen LogP contribution >= 0.6 is 0 Å². The maximum Gasteiger partial charge on any atom is 0.119 e. The standard InChI is InChI=1S/C21H23N3O2/c25-9-10-26-18-8-4-5-16(11-18)12-24-13-19(17-6-2-1-3-7-17)21-20(14-24)22-15-23-21/h1-8,11,15,19,25H,9-10,12-14H2,(H,22,23). The zero-order chi connectivity index (χ0) is 17.8. The molecule has 1 aliphatic rings. The van der Waals surface area contributed by atoms with Gasteiger partial charge in [0.25, 0.3) is 0 Å². The Kier molecular flexibility index (Phi) is 5.00. The second-order valence-corrected chi connectivity index (χ2v) is 6.62. The number of hydrogen-bond acceptors (Lipinski definition) is 4. The molecule has 1 atom stereocenters. The molecule has 0 saturated carbocycles. The Bertz CT molecular complexity index is 847. The van der Waals surface area contributed by atoms with E-state index in [1.54, 1.807) is 6.33 Å². The maximum atomic E-state index is 8.93. The molecule has 134 valence electrons. The molecule has 1 aliphatic heterocycles. The van der Waals surface area contributed by atoms with E-state index < -0.39 is 0 Å². The summed E-state index contributed by atoms with van der Waals surface area (Å²) in [5.74, 6) is 1.08. The molecule has 4 rings (SSSR count). The summed E-state index contributed by atoms with van der Waals surface area (Å²) in [6.45, 7) is 2.99. The van der Waals surface area contributed by atoms with Crippen molar-refractivity contribution in [1.29, 1.82) is 0 Å². The first-order valence-electron chi connectivity index (χ1n) is 8.95. The van der Waals surface area contributed by atoms with Crippen LogP contribution < -0.4 is 4.74 Å². The average Bonchev–Trinajstić information content (AvgIpc) is 3.15. The Balaban J connectivity index is 1.53. The second kappa shape index (κ2) is 7.72. The van der Waals surface area contributed by atoms with Crippen LogP contribution in [0.25, 0.3) is 0 Å². The van der Waals surface area contributed by atoms with Crippen molar-refractivity contribution < 1.29 is 9.84 Å². The van der Waals surface area contributed by atoms with Gasteiger partial charge in [0.1, 0.15) is 12.4 Å². The number of aromatic nitrogens is 2. The Labute approximate surface area is 153 Å². The van der Waals surface area contributed by atoms with Crippen LogP contribution in [0.15, 0.2) is 60.9 Å². The third-order valence-electron chi connectivity index (χ3n) is 4.77. The van der Waals surface area contributed by atoms with E-state index in [1.807, 2.05) is 18.2 Å². The van der Waals surface area contributed by atoms with Crippen LogP contribution in [0.5, 0.6) is 5.75 Å². The molecule has 26 heavy (non-hydrogen) atoms. The van der Waals surface area contributed by atoms with Crippen molar-refractivity contribution in [3.05, 3.63) is 83.4 Å². The third kappa shape index (κ3) is 3.64.